The molecule has 3 rings (SSSR count). The highest BCUT2D eigenvalue weighted by atomic mass is 32.1. The van der Waals surface area contributed by atoms with Crippen molar-refractivity contribution in [3.8, 4) is 0 Å². The van der Waals surface area contributed by atoms with Crippen LogP contribution in [0.1, 0.15) is 43.6 Å². The molecule has 0 saturated carbocycles. The third kappa shape index (κ3) is 3.57. The number of nitrogens with zero attached hydrogens (tertiary/aromatic N) is 2. The summed E-state index contributed by atoms with van der Waals surface area (Å²) in [4.78, 5) is 17.4. The molecule has 0 aliphatic carbocycles. The van der Waals surface area contributed by atoms with Gasteiger partial charge < -0.3 is 5.32 Å². The quantitative estimate of drug-likeness (QED) is 0.742. The lowest BCUT2D eigenvalue weighted by Crippen LogP contribution is -2.26. The van der Waals surface area contributed by atoms with Gasteiger partial charge in [0, 0.05) is 30.2 Å². The molecule has 0 amide bonds. The highest BCUT2D eigenvalue weighted by Crippen LogP contribution is 2.22. The van der Waals surface area contributed by atoms with Crippen LogP contribution in [-0.4, -0.2) is 9.38 Å². The maximum absolute atomic E-state index is 12.1. The fourth-order valence-electron chi connectivity index (χ4n) is 2.89. The first-order chi connectivity index (χ1) is 11.6. The van der Waals surface area contributed by atoms with Gasteiger partial charge >= 0.3 is 0 Å². The van der Waals surface area contributed by atoms with Crippen molar-refractivity contribution in [3.63, 3.8) is 0 Å². The van der Waals surface area contributed by atoms with E-state index in [1.54, 1.807) is 16.7 Å². The molecule has 0 unspecified atom stereocenters. The fraction of sp³-hybridized carbons (Fsp3) is 0.368. The predicted molar refractivity (Wildman–Crippen MR) is 99.6 cm³/mol. The first-order valence-corrected chi connectivity index (χ1v) is 9.24. The summed E-state index contributed by atoms with van der Waals surface area (Å²) in [6, 6.07) is 10.6. The van der Waals surface area contributed by atoms with Gasteiger partial charge in [-0.2, -0.15) is 0 Å². The summed E-state index contributed by atoms with van der Waals surface area (Å²) in [6.07, 6.45) is 2.81. The number of nitrogens with one attached hydrogen (secondary N) is 1. The van der Waals surface area contributed by atoms with Gasteiger partial charge in [0.05, 0.1) is 5.69 Å². The highest BCUT2D eigenvalue weighted by Gasteiger charge is 2.16. The zero-order valence-corrected chi connectivity index (χ0v) is 15.1. The molecular formula is C19H23N3OS. The van der Waals surface area contributed by atoms with E-state index in [-0.39, 0.29) is 11.6 Å². The Morgan fingerprint density at radius 2 is 2.00 bits per heavy atom. The van der Waals surface area contributed by atoms with Crippen molar-refractivity contribution in [1.29, 1.82) is 0 Å². The van der Waals surface area contributed by atoms with Crippen LogP contribution >= 0.6 is 11.3 Å². The Kier molecular flexibility index (Phi) is 5.11. The summed E-state index contributed by atoms with van der Waals surface area (Å²) < 4.78 is 1.58. The van der Waals surface area contributed by atoms with E-state index in [9.17, 15) is 4.79 Å². The standard InChI is InChI=1S/C19H23N3OS/c1-4-14-5-7-15(8-6-14)18(13(2)3)20-12-16-11-17(23)22-9-10-24-19(22)21-16/h5-11,13,18,20H,4,12H2,1-3H3/t18-/m1/s1. The van der Waals surface area contributed by atoms with E-state index < -0.39 is 0 Å². The maximum atomic E-state index is 12.1. The summed E-state index contributed by atoms with van der Waals surface area (Å²) in [5, 5.41) is 5.45. The number of hydrogen-bond donors (Lipinski definition) is 1. The molecule has 126 valence electrons. The lowest BCUT2D eigenvalue weighted by Gasteiger charge is -2.23. The van der Waals surface area contributed by atoms with Crippen molar-refractivity contribution in [1.82, 2.24) is 14.7 Å². The minimum absolute atomic E-state index is 0.0218. The third-order valence-corrected chi connectivity index (χ3v) is 5.03. The van der Waals surface area contributed by atoms with E-state index in [0.717, 1.165) is 17.1 Å². The molecule has 3 aromatic rings. The van der Waals surface area contributed by atoms with E-state index in [0.29, 0.717) is 12.5 Å². The van der Waals surface area contributed by atoms with Gasteiger partial charge in [-0.3, -0.25) is 9.20 Å². The molecule has 0 spiro atoms. The SMILES string of the molecule is CCc1ccc([C@H](NCc2cc(=O)n3ccsc3n2)C(C)C)cc1. The molecule has 0 bridgehead atoms. The first-order valence-electron chi connectivity index (χ1n) is 8.36. The van der Waals surface area contributed by atoms with Gasteiger partial charge in [-0.25, -0.2) is 4.98 Å². The molecular weight excluding hydrogens is 318 g/mol. The van der Waals surface area contributed by atoms with Crippen molar-refractivity contribution in [2.24, 2.45) is 5.92 Å². The van der Waals surface area contributed by atoms with Gasteiger partial charge in [0.2, 0.25) is 0 Å². The molecule has 0 aliphatic heterocycles. The van der Waals surface area contributed by atoms with E-state index in [2.05, 4.69) is 55.3 Å². The van der Waals surface area contributed by atoms with Crippen molar-refractivity contribution in [2.75, 3.05) is 0 Å². The average Bonchev–Trinajstić information content (AvgIpc) is 3.04. The van der Waals surface area contributed by atoms with Crippen LogP contribution in [-0.2, 0) is 13.0 Å². The van der Waals surface area contributed by atoms with Gasteiger partial charge in [0.1, 0.15) is 0 Å². The van der Waals surface area contributed by atoms with E-state index >= 15 is 0 Å². The van der Waals surface area contributed by atoms with E-state index in [1.165, 1.54) is 22.5 Å². The number of benzene rings is 1. The Bertz CT molecular complexity index is 864. The van der Waals surface area contributed by atoms with Gasteiger partial charge in [-0.05, 0) is 23.5 Å². The van der Waals surface area contributed by atoms with Crippen LogP contribution < -0.4 is 10.9 Å². The molecule has 1 atom stereocenters. The summed E-state index contributed by atoms with van der Waals surface area (Å²) in [7, 11) is 0. The Morgan fingerprint density at radius 3 is 2.67 bits per heavy atom. The Balaban J connectivity index is 1.78. The summed E-state index contributed by atoms with van der Waals surface area (Å²) >= 11 is 1.48. The lowest BCUT2D eigenvalue weighted by atomic mass is 9.95. The van der Waals surface area contributed by atoms with Crippen LogP contribution in [0.2, 0.25) is 0 Å². The van der Waals surface area contributed by atoms with Gasteiger partial charge in [0.15, 0.2) is 4.96 Å². The minimum atomic E-state index is -0.0218. The second kappa shape index (κ2) is 7.28. The summed E-state index contributed by atoms with van der Waals surface area (Å²) in [5.74, 6) is 0.448. The summed E-state index contributed by atoms with van der Waals surface area (Å²) in [6.45, 7) is 7.16. The molecule has 0 saturated heterocycles. The zero-order chi connectivity index (χ0) is 17.1. The number of hydrogen-bond acceptors (Lipinski definition) is 4. The Morgan fingerprint density at radius 1 is 1.25 bits per heavy atom. The average molecular weight is 341 g/mol. The molecule has 2 aromatic heterocycles. The molecule has 5 heteroatoms. The highest BCUT2D eigenvalue weighted by molar-refractivity contribution is 7.15. The van der Waals surface area contributed by atoms with Crippen LogP contribution in [0.15, 0.2) is 46.7 Å². The van der Waals surface area contributed by atoms with Gasteiger partial charge in [-0.15, -0.1) is 11.3 Å². The topological polar surface area (TPSA) is 46.4 Å². The van der Waals surface area contributed by atoms with Crippen LogP contribution in [0.3, 0.4) is 0 Å². The predicted octanol–water partition coefficient (Wildman–Crippen LogP) is 3.81. The van der Waals surface area contributed by atoms with Crippen molar-refractivity contribution in [2.45, 2.75) is 39.8 Å². The fourth-order valence-corrected chi connectivity index (χ4v) is 3.63. The molecule has 24 heavy (non-hydrogen) atoms. The van der Waals surface area contributed by atoms with Gasteiger partial charge in [-0.1, -0.05) is 45.0 Å². The normalized spacial score (nSPS) is 12.8. The van der Waals surface area contributed by atoms with Crippen molar-refractivity contribution in [3.05, 3.63) is 69.1 Å². The second-order valence-electron chi connectivity index (χ2n) is 6.34. The maximum Gasteiger partial charge on any atom is 0.258 e. The molecule has 2 heterocycles. The Labute approximate surface area is 146 Å². The Hall–Kier alpha value is -1.98. The molecule has 0 radical (unpaired) electrons. The second-order valence-corrected chi connectivity index (χ2v) is 7.21. The van der Waals surface area contributed by atoms with E-state index in [4.69, 9.17) is 0 Å². The molecule has 1 N–H and O–H groups in total. The summed E-state index contributed by atoms with van der Waals surface area (Å²) in [5.41, 5.74) is 3.39. The van der Waals surface area contributed by atoms with Gasteiger partial charge in [0.25, 0.3) is 5.56 Å². The van der Waals surface area contributed by atoms with Crippen molar-refractivity contribution >= 4 is 16.3 Å². The molecule has 0 aliphatic rings. The van der Waals surface area contributed by atoms with Crippen molar-refractivity contribution < 1.29 is 0 Å². The largest absolute Gasteiger partial charge is 0.304 e. The smallest absolute Gasteiger partial charge is 0.258 e. The molecule has 0 fully saturated rings. The van der Waals surface area contributed by atoms with Crippen LogP contribution in [0.25, 0.3) is 4.96 Å². The number of fused-ring (bicyclic) bond motifs is 1. The first kappa shape index (κ1) is 16.9. The van der Waals surface area contributed by atoms with E-state index in [1.807, 2.05) is 5.38 Å². The lowest BCUT2D eigenvalue weighted by molar-refractivity contribution is 0.408. The zero-order valence-electron chi connectivity index (χ0n) is 14.3. The number of thiazole rings is 1. The number of rotatable bonds is 6. The van der Waals surface area contributed by atoms with Crippen LogP contribution in [0.4, 0.5) is 0 Å². The van der Waals surface area contributed by atoms with Crippen LogP contribution in [0, 0.1) is 5.92 Å². The minimum Gasteiger partial charge on any atom is -0.304 e. The number of aryl methyl sites for hydroxylation is 1. The molecule has 4 nitrogen and oxygen atoms in total. The number of aromatic nitrogens is 2. The monoisotopic (exact) mass is 341 g/mol. The van der Waals surface area contributed by atoms with Crippen LogP contribution in [0.5, 0.6) is 0 Å². The molecule has 1 aromatic carbocycles. The third-order valence-electron chi connectivity index (χ3n) is 4.27.